The molecule has 4 rings (SSSR count). The molecule has 0 saturated carbocycles. The van der Waals surface area contributed by atoms with E-state index in [0.717, 1.165) is 26.0 Å². The van der Waals surface area contributed by atoms with Gasteiger partial charge in [0.2, 0.25) is 0 Å². The van der Waals surface area contributed by atoms with Crippen LogP contribution in [0.5, 0.6) is 17.2 Å². The summed E-state index contributed by atoms with van der Waals surface area (Å²) in [6, 6.07) is 16.4. The summed E-state index contributed by atoms with van der Waals surface area (Å²) in [6.07, 6.45) is 1.70. The molecule has 2 aromatic carbocycles. The van der Waals surface area contributed by atoms with Crippen LogP contribution in [0, 0.1) is 3.70 Å². The molecule has 0 amide bonds. The van der Waals surface area contributed by atoms with E-state index >= 15 is 0 Å². The highest BCUT2D eigenvalue weighted by atomic mass is 127. The van der Waals surface area contributed by atoms with E-state index in [2.05, 4.69) is 32.7 Å². The molecule has 7 nitrogen and oxygen atoms in total. The topological polar surface area (TPSA) is 75.5 Å². The summed E-state index contributed by atoms with van der Waals surface area (Å²) in [5.74, 6) is 1.68. The van der Waals surface area contributed by atoms with Crippen LogP contribution in [0.15, 0.2) is 60.8 Å². The molecule has 0 radical (unpaired) electrons. The van der Waals surface area contributed by atoms with Gasteiger partial charge in [0.25, 0.3) is 0 Å². The van der Waals surface area contributed by atoms with Crippen LogP contribution in [0.4, 0.5) is 0 Å². The summed E-state index contributed by atoms with van der Waals surface area (Å²) >= 11 is 2.19. The highest BCUT2D eigenvalue weighted by Gasteiger charge is 2.16. The Morgan fingerprint density at radius 1 is 1.00 bits per heavy atom. The number of halogens is 1. The minimum absolute atomic E-state index is 0.387. The molecular weight excluding hydrogens is 497 g/mol. The van der Waals surface area contributed by atoms with Crippen LogP contribution >= 0.6 is 22.6 Å². The van der Waals surface area contributed by atoms with Crippen LogP contribution in [-0.4, -0.2) is 35.0 Å². The summed E-state index contributed by atoms with van der Waals surface area (Å²) in [5.41, 5.74) is 2.29. The first-order valence-corrected chi connectivity index (χ1v) is 10.2. The zero-order valence-electron chi connectivity index (χ0n) is 16.3. The molecule has 2 aromatic heterocycles. The Bertz CT molecular complexity index is 1190. The molecule has 2 heterocycles. The van der Waals surface area contributed by atoms with Crippen LogP contribution in [0.25, 0.3) is 11.0 Å². The van der Waals surface area contributed by atoms with E-state index in [-0.39, 0.29) is 5.97 Å². The number of hydrogen-bond acceptors (Lipinski definition) is 6. The fourth-order valence-electron chi connectivity index (χ4n) is 3.03. The minimum Gasteiger partial charge on any atom is -0.497 e. The van der Waals surface area contributed by atoms with E-state index in [0.29, 0.717) is 23.6 Å². The SMILES string of the molecule is COC(=O)c1ccc(Oc2ccnc3c2c(I)nn3Cc2ccc(OC)cc2)cc1. The zero-order valence-corrected chi connectivity index (χ0v) is 18.5. The number of fused-ring (bicyclic) bond motifs is 1. The third kappa shape index (κ3) is 4.09. The molecule has 30 heavy (non-hydrogen) atoms. The van der Waals surface area contributed by atoms with Crippen LogP contribution in [0.3, 0.4) is 0 Å². The fourth-order valence-corrected chi connectivity index (χ4v) is 3.80. The predicted molar refractivity (Wildman–Crippen MR) is 120 cm³/mol. The molecule has 0 atom stereocenters. The van der Waals surface area contributed by atoms with Gasteiger partial charge in [-0.25, -0.2) is 14.5 Å². The summed E-state index contributed by atoms with van der Waals surface area (Å²) in [4.78, 5) is 16.1. The molecule has 0 unspecified atom stereocenters. The first-order chi connectivity index (χ1) is 14.6. The molecular formula is C22H18IN3O4. The van der Waals surface area contributed by atoms with Gasteiger partial charge in [0, 0.05) is 12.3 Å². The molecule has 4 aromatic rings. The van der Waals surface area contributed by atoms with Crippen LogP contribution in [0.2, 0.25) is 0 Å². The Labute approximate surface area is 186 Å². The summed E-state index contributed by atoms with van der Waals surface area (Å²) in [5, 5.41) is 5.48. The van der Waals surface area contributed by atoms with Crippen LogP contribution < -0.4 is 9.47 Å². The van der Waals surface area contributed by atoms with Crippen molar-refractivity contribution in [2.24, 2.45) is 0 Å². The number of carbonyl (C=O) groups excluding carboxylic acids is 1. The van der Waals surface area contributed by atoms with E-state index < -0.39 is 0 Å². The van der Waals surface area contributed by atoms with Gasteiger partial charge in [-0.2, -0.15) is 5.10 Å². The van der Waals surface area contributed by atoms with Crippen molar-refractivity contribution in [3.63, 3.8) is 0 Å². The number of esters is 1. The second kappa shape index (κ2) is 8.70. The molecule has 0 aliphatic carbocycles. The quantitative estimate of drug-likeness (QED) is 0.275. The number of carbonyl (C=O) groups is 1. The number of ether oxygens (including phenoxy) is 3. The van der Waals surface area contributed by atoms with E-state index in [1.165, 1.54) is 7.11 Å². The van der Waals surface area contributed by atoms with Gasteiger partial charge >= 0.3 is 5.97 Å². The standard InChI is InChI=1S/C22H18IN3O4/c1-28-16-7-3-14(4-8-16)13-26-21-19(20(23)25-26)18(11-12-24-21)30-17-9-5-15(6-10-17)22(27)29-2/h3-12H,13H2,1-2H3. The lowest BCUT2D eigenvalue weighted by Gasteiger charge is -2.08. The lowest BCUT2D eigenvalue weighted by Crippen LogP contribution is -2.03. The van der Waals surface area contributed by atoms with Gasteiger partial charge in [-0.1, -0.05) is 12.1 Å². The van der Waals surface area contributed by atoms with Crippen molar-refractivity contribution in [1.29, 1.82) is 0 Å². The number of pyridine rings is 1. The summed E-state index contributed by atoms with van der Waals surface area (Å²) in [7, 11) is 3.00. The third-order valence-corrected chi connectivity index (χ3v) is 5.30. The fraction of sp³-hybridized carbons (Fsp3) is 0.136. The van der Waals surface area contributed by atoms with Crippen molar-refractivity contribution in [2.45, 2.75) is 6.54 Å². The van der Waals surface area contributed by atoms with Crippen molar-refractivity contribution in [1.82, 2.24) is 14.8 Å². The Balaban J connectivity index is 1.63. The zero-order chi connectivity index (χ0) is 21.1. The first-order valence-electron chi connectivity index (χ1n) is 9.09. The highest BCUT2D eigenvalue weighted by molar-refractivity contribution is 14.1. The van der Waals surface area contributed by atoms with Crippen molar-refractivity contribution in [3.8, 4) is 17.2 Å². The summed E-state index contributed by atoms with van der Waals surface area (Å²) < 4.78 is 18.7. The maximum Gasteiger partial charge on any atom is 0.337 e. The number of nitrogens with zero attached hydrogens (tertiary/aromatic N) is 3. The Morgan fingerprint density at radius 3 is 2.37 bits per heavy atom. The molecule has 0 aliphatic rings. The Kier molecular flexibility index (Phi) is 5.84. The Morgan fingerprint density at radius 2 is 1.70 bits per heavy atom. The lowest BCUT2D eigenvalue weighted by atomic mass is 10.2. The predicted octanol–water partition coefficient (Wildman–Crippen LogP) is 4.67. The molecule has 8 heteroatoms. The number of hydrogen-bond donors (Lipinski definition) is 0. The second-order valence-electron chi connectivity index (χ2n) is 6.42. The molecule has 0 N–H and O–H groups in total. The molecule has 0 fully saturated rings. The molecule has 0 saturated heterocycles. The van der Waals surface area contributed by atoms with Gasteiger partial charge in [0.05, 0.1) is 31.7 Å². The molecule has 0 bridgehead atoms. The van der Waals surface area contributed by atoms with Crippen LogP contribution in [-0.2, 0) is 11.3 Å². The molecule has 152 valence electrons. The van der Waals surface area contributed by atoms with Gasteiger partial charge < -0.3 is 14.2 Å². The summed E-state index contributed by atoms with van der Waals surface area (Å²) in [6.45, 7) is 0.577. The average Bonchev–Trinajstić information content (AvgIpc) is 3.10. The van der Waals surface area contributed by atoms with Crippen molar-refractivity contribution in [2.75, 3.05) is 14.2 Å². The molecule has 0 spiro atoms. The Hall–Kier alpha value is -3.14. The van der Waals surface area contributed by atoms with Crippen LogP contribution in [0.1, 0.15) is 15.9 Å². The minimum atomic E-state index is -0.387. The number of aromatic nitrogens is 3. The van der Waals surface area contributed by atoms with Crippen molar-refractivity contribution >= 4 is 39.6 Å². The normalized spacial score (nSPS) is 10.8. The van der Waals surface area contributed by atoms with Crippen molar-refractivity contribution < 1.29 is 19.0 Å². The first kappa shape index (κ1) is 20.1. The smallest absolute Gasteiger partial charge is 0.337 e. The lowest BCUT2D eigenvalue weighted by molar-refractivity contribution is 0.0600. The van der Waals surface area contributed by atoms with Gasteiger partial charge in [-0.15, -0.1) is 0 Å². The molecule has 0 aliphatic heterocycles. The highest BCUT2D eigenvalue weighted by Crippen LogP contribution is 2.32. The van der Waals surface area contributed by atoms with E-state index in [1.807, 2.05) is 28.9 Å². The average molecular weight is 515 g/mol. The van der Waals surface area contributed by atoms with Gasteiger partial charge in [0.15, 0.2) is 5.65 Å². The second-order valence-corrected chi connectivity index (χ2v) is 7.44. The van der Waals surface area contributed by atoms with Crippen molar-refractivity contribution in [3.05, 3.63) is 75.6 Å². The van der Waals surface area contributed by atoms with Gasteiger partial charge in [-0.05, 0) is 64.6 Å². The van der Waals surface area contributed by atoms with E-state index in [1.54, 1.807) is 43.6 Å². The van der Waals surface area contributed by atoms with E-state index in [9.17, 15) is 4.79 Å². The number of benzene rings is 2. The maximum absolute atomic E-state index is 11.6. The van der Waals surface area contributed by atoms with Gasteiger partial charge in [-0.3, -0.25) is 0 Å². The third-order valence-electron chi connectivity index (χ3n) is 4.55. The monoisotopic (exact) mass is 515 g/mol. The largest absolute Gasteiger partial charge is 0.497 e. The number of rotatable bonds is 6. The van der Waals surface area contributed by atoms with Gasteiger partial charge in [0.1, 0.15) is 20.9 Å². The number of methoxy groups -OCH3 is 2. The van der Waals surface area contributed by atoms with E-state index in [4.69, 9.17) is 14.2 Å². The maximum atomic E-state index is 11.6.